The van der Waals surface area contributed by atoms with Crippen LogP contribution in [0.5, 0.6) is 0 Å². The number of hydrogen-bond acceptors (Lipinski definition) is 4. The Hall–Kier alpha value is -3.44. The summed E-state index contributed by atoms with van der Waals surface area (Å²) < 4.78 is 0. The molecule has 0 spiro atoms. The van der Waals surface area contributed by atoms with E-state index in [9.17, 15) is 0 Å². The lowest BCUT2D eigenvalue weighted by molar-refractivity contribution is 0.974. The predicted octanol–water partition coefficient (Wildman–Crippen LogP) is 6.77. The normalized spacial score (nSPS) is 11.2. The molecule has 0 unspecified atom stereocenters. The highest BCUT2D eigenvalue weighted by Crippen LogP contribution is 2.33. The predicted molar refractivity (Wildman–Crippen MR) is 129 cm³/mol. The van der Waals surface area contributed by atoms with Gasteiger partial charge in [-0.3, -0.25) is 10.1 Å². The fourth-order valence-corrected chi connectivity index (χ4v) is 4.27. The van der Waals surface area contributed by atoms with Crippen LogP contribution in [0, 0.1) is 6.92 Å². The Morgan fingerprint density at radius 1 is 0.774 bits per heavy atom. The van der Waals surface area contributed by atoms with Gasteiger partial charge in [0.15, 0.2) is 5.82 Å². The molecule has 31 heavy (non-hydrogen) atoms. The fourth-order valence-electron chi connectivity index (χ4n) is 3.75. The zero-order chi connectivity index (χ0) is 21.2. The molecule has 3 aromatic carbocycles. The molecule has 1 N–H and O–H groups in total. The van der Waals surface area contributed by atoms with Crippen LogP contribution in [0.25, 0.3) is 44.4 Å². The number of H-pyrrole nitrogens is 1. The second-order valence-electron chi connectivity index (χ2n) is 7.51. The topological polar surface area (TPSA) is 54.5 Å². The molecule has 2 aromatic heterocycles. The first-order valence-electron chi connectivity index (χ1n) is 10.3. The van der Waals surface area contributed by atoms with E-state index in [2.05, 4.69) is 101 Å². The van der Waals surface area contributed by atoms with Crippen molar-refractivity contribution in [3.8, 4) is 33.6 Å². The summed E-state index contributed by atoms with van der Waals surface area (Å²) in [5.74, 6) is 1.72. The monoisotopic (exact) mass is 422 g/mol. The molecule has 0 radical (unpaired) electrons. The zero-order valence-corrected chi connectivity index (χ0v) is 18.3. The molecule has 0 aliphatic carbocycles. The fraction of sp³-hybridized carbons (Fsp3) is 0.115. The van der Waals surface area contributed by atoms with Gasteiger partial charge >= 0.3 is 0 Å². The van der Waals surface area contributed by atoms with Crippen molar-refractivity contribution in [3.05, 3.63) is 84.7 Å². The highest BCUT2D eigenvalue weighted by atomic mass is 32.2. The molecule has 0 saturated heterocycles. The van der Waals surface area contributed by atoms with Crippen LogP contribution < -0.4 is 0 Å². The van der Waals surface area contributed by atoms with Crippen LogP contribution in [0.2, 0.25) is 0 Å². The maximum Gasteiger partial charge on any atom is 0.208 e. The quantitative estimate of drug-likeness (QED) is 0.317. The summed E-state index contributed by atoms with van der Waals surface area (Å²) in [6.07, 6.45) is 3.79. The number of thioether (sulfide) groups is 1. The van der Waals surface area contributed by atoms with Gasteiger partial charge in [0.1, 0.15) is 0 Å². The van der Waals surface area contributed by atoms with E-state index in [4.69, 9.17) is 0 Å². The smallest absolute Gasteiger partial charge is 0.208 e. The number of aromatic nitrogens is 4. The van der Waals surface area contributed by atoms with Gasteiger partial charge in [0, 0.05) is 23.5 Å². The lowest BCUT2D eigenvalue weighted by Crippen LogP contribution is -1.89. The first-order chi connectivity index (χ1) is 15.2. The average Bonchev–Trinajstić information content (AvgIpc) is 3.27. The maximum absolute atomic E-state index is 4.69. The van der Waals surface area contributed by atoms with Crippen LogP contribution in [0.3, 0.4) is 0 Å². The van der Waals surface area contributed by atoms with Crippen molar-refractivity contribution in [1.29, 1.82) is 0 Å². The number of nitrogens with zero attached hydrogens (tertiary/aromatic N) is 3. The number of pyridine rings is 1. The minimum atomic E-state index is 0.771. The Kier molecular flexibility index (Phi) is 5.26. The Morgan fingerprint density at radius 2 is 1.55 bits per heavy atom. The van der Waals surface area contributed by atoms with Crippen LogP contribution in [0.1, 0.15) is 12.5 Å². The van der Waals surface area contributed by atoms with Gasteiger partial charge in [-0.1, -0.05) is 55.1 Å². The number of rotatable bonds is 5. The Bertz CT molecular complexity index is 1370. The molecule has 0 atom stereocenters. The molecule has 0 saturated carbocycles. The largest absolute Gasteiger partial charge is 0.264 e. The van der Waals surface area contributed by atoms with Crippen molar-refractivity contribution in [3.63, 3.8) is 0 Å². The van der Waals surface area contributed by atoms with Crippen molar-refractivity contribution < 1.29 is 0 Å². The van der Waals surface area contributed by atoms with Crippen molar-refractivity contribution >= 4 is 22.5 Å². The first-order valence-corrected chi connectivity index (χ1v) is 11.3. The molecule has 0 amide bonds. The molecular weight excluding hydrogens is 400 g/mol. The van der Waals surface area contributed by atoms with Crippen molar-refractivity contribution in [2.24, 2.45) is 0 Å². The summed E-state index contributed by atoms with van der Waals surface area (Å²) in [6.45, 7) is 4.17. The van der Waals surface area contributed by atoms with Gasteiger partial charge in [-0.2, -0.15) is 0 Å². The second kappa shape index (κ2) is 8.36. The summed E-state index contributed by atoms with van der Waals surface area (Å²) in [5.41, 5.74) is 6.66. The van der Waals surface area contributed by atoms with E-state index in [1.807, 2.05) is 12.4 Å². The van der Waals surface area contributed by atoms with Crippen molar-refractivity contribution in [1.82, 2.24) is 20.2 Å². The van der Waals surface area contributed by atoms with E-state index < -0.39 is 0 Å². The second-order valence-corrected chi connectivity index (χ2v) is 8.74. The average molecular weight is 423 g/mol. The summed E-state index contributed by atoms with van der Waals surface area (Å²) in [6, 6.07) is 23.8. The standard InChI is InChI=1S/C26H22N4S/c1-3-31-26-28-25(29-30-26)23-13-21(12-22(14-23)24-10-17(2)15-27-16-24)20-9-8-18-6-4-5-7-19(18)11-20/h4-16H,3H2,1-2H3,(H,28,29,30). The molecular formula is C26H22N4S. The highest BCUT2D eigenvalue weighted by molar-refractivity contribution is 7.99. The number of hydrogen-bond donors (Lipinski definition) is 1. The van der Waals surface area contributed by atoms with Crippen LogP contribution in [-0.2, 0) is 0 Å². The minimum Gasteiger partial charge on any atom is -0.264 e. The molecule has 0 aliphatic rings. The van der Waals surface area contributed by atoms with Gasteiger partial charge in [-0.25, -0.2) is 4.98 Å². The lowest BCUT2D eigenvalue weighted by atomic mass is 9.95. The third kappa shape index (κ3) is 4.09. The molecule has 5 aromatic rings. The van der Waals surface area contributed by atoms with Gasteiger partial charge in [-0.15, -0.1) is 5.10 Å². The van der Waals surface area contributed by atoms with Crippen LogP contribution in [0.15, 0.2) is 84.3 Å². The SMILES string of the molecule is CCSc1n[nH]c(-c2cc(-c3cncc(C)c3)cc(-c3ccc4ccccc4c3)c2)n1. The van der Waals surface area contributed by atoms with Gasteiger partial charge < -0.3 is 0 Å². The van der Waals surface area contributed by atoms with E-state index in [0.717, 1.165) is 44.6 Å². The van der Waals surface area contributed by atoms with Gasteiger partial charge in [0.25, 0.3) is 0 Å². The molecule has 2 heterocycles. The van der Waals surface area contributed by atoms with Crippen molar-refractivity contribution in [2.45, 2.75) is 19.0 Å². The molecule has 5 rings (SSSR count). The Balaban J connectivity index is 1.68. The first kappa shape index (κ1) is 19.5. The molecule has 4 nitrogen and oxygen atoms in total. The molecule has 0 fully saturated rings. The number of aromatic amines is 1. The highest BCUT2D eigenvalue weighted by Gasteiger charge is 2.12. The third-order valence-corrected chi connectivity index (χ3v) is 5.97. The Labute approximate surface area is 185 Å². The molecule has 152 valence electrons. The molecule has 0 bridgehead atoms. The number of nitrogens with one attached hydrogen (secondary N) is 1. The van der Waals surface area contributed by atoms with E-state index in [-0.39, 0.29) is 0 Å². The number of fused-ring (bicyclic) bond motifs is 1. The summed E-state index contributed by atoms with van der Waals surface area (Å²) in [5, 5.41) is 10.7. The number of aryl methyl sites for hydroxylation is 1. The maximum atomic E-state index is 4.69. The van der Waals surface area contributed by atoms with Gasteiger partial charge in [0.05, 0.1) is 0 Å². The Morgan fingerprint density at radius 3 is 2.35 bits per heavy atom. The van der Waals surface area contributed by atoms with E-state index in [0.29, 0.717) is 0 Å². The van der Waals surface area contributed by atoms with Crippen LogP contribution >= 0.6 is 11.8 Å². The summed E-state index contributed by atoms with van der Waals surface area (Å²) >= 11 is 1.63. The summed E-state index contributed by atoms with van der Waals surface area (Å²) in [4.78, 5) is 9.08. The van der Waals surface area contributed by atoms with E-state index in [1.165, 1.54) is 16.3 Å². The summed E-state index contributed by atoms with van der Waals surface area (Å²) in [7, 11) is 0. The van der Waals surface area contributed by atoms with Crippen LogP contribution in [-0.4, -0.2) is 25.9 Å². The molecule has 0 aliphatic heterocycles. The third-order valence-electron chi connectivity index (χ3n) is 5.24. The van der Waals surface area contributed by atoms with E-state index >= 15 is 0 Å². The van der Waals surface area contributed by atoms with Crippen molar-refractivity contribution in [2.75, 3.05) is 5.75 Å². The minimum absolute atomic E-state index is 0.771. The van der Waals surface area contributed by atoms with Gasteiger partial charge in [0.2, 0.25) is 5.16 Å². The zero-order valence-electron chi connectivity index (χ0n) is 17.5. The van der Waals surface area contributed by atoms with E-state index in [1.54, 1.807) is 11.8 Å². The number of benzene rings is 3. The van der Waals surface area contributed by atoms with Crippen LogP contribution in [0.4, 0.5) is 0 Å². The molecule has 5 heteroatoms. The van der Waals surface area contributed by atoms with Gasteiger partial charge in [-0.05, 0) is 76.0 Å². The lowest BCUT2D eigenvalue weighted by Gasteiger charge is -2.11.